The minimum atomic E-state index is 0.0436. The molecule has 13 heavy (non-hydrogen) atoms. The molecule has 76 valence electrons. The summed E-state index contributed by atoms with van der Waals surface area (Å²) >= 11 is 0. The van der Waals surface area contributed by atoms with E-state index in [2.05, 4.69) is 0 Å². The SMILES string of the molecule is COC1CCN(C(=O)CN)C(C)C1. The number of methoxy groups -OCH3 is 1. The van der Waals surface area contributed by atoms with Crippen molar-refractivity contribution in [3.63, 3.8) is 0 Å². The highest BCUT2D eigenvalue weighted by Gasteiger charge is 2.27. The van der Waals surface area contributed by atoms with Crippen molar-refractivity contribution in [1.29, 1.82) is 0 Å². The van der Waals surface area contributed by atoms with Crippen LogP contribution in [0.4, 0.5) is 0 Å². The summed E-state index contributed by atoms with van der Waals surface area (Å²) in [6, 6.07) is 0.259. The van der Waals surface area contributed by atoms with Crippen LogP contribution in [0.5, 0.6) is 0 Å². The van der Waals surface area contributed by atoms with Gasteiger partial charge in [0.05, 0.1) is 12.6 Å². The first-order valence-electron chi connectivity index (χ1n) is 4.71. The van der Waals surface area contributed by atoms with E-state index in [-0.39, 0.29) is 18.5 Å². The molecule has 2 unspecified atom stereocenters. The molecule has 1 saturated heterocycles. The molecule has 0 saturated carbocycles. The van der Waals surface area contributed by atoms with Crippen molar-refractivity contribution in [3.05, 3.63) is 0 Å². The molecule has 1 amide bonds. The maximum Gasteiger partial charge on any atom is 0.236 e. The summed E-state index contributed by atoms with van der Waals surface area (Å²) in [5, 5.41) is 0. The normalized spacial score (nSPS) is 29.0. The van der Waals surface area contributed by atoms with Gasteiger partial charge in [-0.3, -0.25) is 4.79 Å². The maximum atomic E-state index is 11.3. The van der Waals surface area contributed by atoms with Gasteiger partial charge in [-0.1, -0.05) is 0 Å². The van der Waals surface area contributed by atoms with Crippen LogP contribution >= 0.6 is 0 Å². The Labute approximate surface area is 79.0 Å². The minimum Gasteiger partial charge on any atom is -0.381 e. The van der Waals surface area contributed by atoms with Gasteiger partial charge in [0.1, 0.15) is 0 Å². The third kappa shape index (κ3) is 2.42. The molecule has 0 spiro atoms. The molecular formula is C9H18N2O2. The van der Waals surface area contributed by atoms with Crippen LogP contribution in [0.25, 0.3) is 0 Å². The van der Waals surface area contributed by atoms with E-state index in [0.29, 0.717) is 6.10 Å². The van der Waals surface area contributed by atoms with Crippen LogP contribution in [0, 0.1) is 0 Å². The fourth-order valence-electron chi connectivity index (χ4n) is 1.83. The van der Waals surface area contributed by atoms with Crippen molar-refractivity contribution in [3.8, 4) is 0 Å². The molecule has 1 fully saturated rings. The summed E-state index contributed by atoms with van der Waals surface area (Å²) in [7, 11) is 1.72. The Bertz CT molecular complexity index is 184. The zero-order valence-electron chi connectivity index (χ0n) is 8.32. The lowest BCUT2D eigenvalue weighted by atomic mass is 10.0. The molecule has 0 aliphatic carbocycles. The lowest BCUT2D eigenvalue weighted by molar-refractivity contribution is -0.134. The predicted octanol–water partition coefficient (Wildman–Crippen LogP) is -0.0290. The van der Waals surface area contributed by atoms with Gasteiger partial charge in [-0.15, -0.1) is 0 Å². The first kappa shape index (κ1) is 10.5. The van der Waals surface area contributed by atoms with Gasteiger partial charge in [0.2, 0.25) is 5.91 Å². The van der Waals surface area contributed by atoms with Gasteiger partial charge in [-0.25, -0.2) is 0 Å². The first-order chi connectivity index (χ1) is 6.19. The van der Waals surface area contributed by atoms with Gasteiger partial charge in [-0.2, -0.15) is 0 Å². The Morgan fingerprint density at radius 1 is 1.69 bits per heavy atom. The summed E-state index contributed by atoms with van der Waals surface area (Å²) in [4.78, 5) is 13.2. The number of carbonyl (C=O) groups excluding carboxylic acids is 1. The lowest BCUT2D eigenvalue weighted by Crippen LogP contribution is -2.48. The number of nitrogens with two attached hydrogens (primary N) is 1. The summed E-state index contributed by atoms with van der Waals surface area (Å²) < 4.78 is 5.25. The molecule has 1 rings (SSSR count). The molecule has 4 nitrogen and oxygen atoms in total. The molecular weight excluding hydrogens is 168 g/mol. The number of hydrogen-bond acceptors (Lipinski definition) is 3. The third-order valence-corrected chi connectivity index (χ3v) is 2.66. The van der Waals surface area contributed by atoms with Crippen LogP contribution < -0.4 is 5.73 Å². The molecule has 0 bridgehead atoms. The molecule has 0 aromatic rings. The monoisotopic (exact) mass is 186 g/mol. The number of rotatable bonds is 2. The minimum absolute atomic E-state index is 0.0436. The van der Waals surface area contributed by atoms with Crippen LogP contribution in [0.1, 0.15) is 19.8 Å². The maximum absolute atomic E-state index is 11.3. The van der Waals surface area contributed by atoms with E-state index >= 15 is 0 Å². The second-order valence-corrected chi connectivity index (χ2v) is 3.52. The van der Waals surface area contributed by atoms with Crippen molar-refractivity contribution in [2.24, 2.45) is 5.73 Å². The van der Waals surface area contributed by atoms with Gasteiger partial charge in [0.15, 0.2) is 0 Å². The van der Waals surface area contributed by atoms with E-state index in [9.17, 15) is 4.79 Å². The number of carbonyl (C=O) groups is 1. The molecule has 0 aromatic carbocycles. The first-order valence-corrected chi connectivity index (χ1v) is 4.71. The molecule has 2 N–H and O–H groups in total. The van der Waals surface area contributed by atoms with Crippen LogP contribution in [0.3, 0.4) is 0 Å². The molecule has 1 aliphatic heterocycles. The predicted molar refractivity (Wildman–Crippen MR) is 50.3 cm³/mol. The smallest absolute Gasteiger partial charge is 0.236 e. The summed E-state index contributed by atoms with van der Waals surface area (Å²) in [5.74, 6) is 0.0436. The van der Waals surface area contributed by atoms with E-state index < -0.39 is 0 Å². The highest BCUT2D eigenvalue weighted by Crippen LogP contribution is 2.18. The Kier molecular flexibility index (Phi) is 3.69. The summed E-state index contributed by atoms with van der Waals surface area (Å²) in [6.07, 6.45) is 2.14. The number of ether oxygens (including phenoxy) is 1. The number of likely N-dealkylation sites (tertiary alicyclic amines) is 1. The van der Waals surface area contributed by atoms with Crippen molar-refractivity contribution in [2.45, 2.75) is 31.9 Å². The number of amides is 1. The number of piperidine rings is 1. The average Bonchev–Trinajstić information content (AvgIpc) is 2.16. The molecule has 4 heteroatoms. The highest BCUT2D eigenvalue weighted by atomic mass is 16.5. The quantitative estimate of drug-likeness (QED) is 0.659. The van der Waals surface area contributed by atoms with Crippen LogP contribution in [-0.4, -0.2) is 43.2 Å². The van der Waals surface area contributed by atoms with E-state index in [0.717, 1.165) is 19.4 Å². The Morgan fingerprint density at radius 2 is 2.38 bits per heavy atom. The van der Waals surface area contributed by atoms with Gasteiger partial charge in [0.25, 0.3) is 0 Å². The summed E-state index contributed by atoms with van der Waals surface area (Å²) in [6.45, 7) is 2.93. The number of nitrogens with zero attached hydrogens (tertiary/aromatic N) is 1. The second-order valence-electron chi connectivity index (χ2n) is 3.52. The third-order valence-electron chi connectivity index (χ3n) is 2.66. The zero-order chi connectivity index (χ0) is 9.84. The van der Waals surface area contributed by atoms with Gasteiger partial charge >= 0.3 is 0 Å². The Balaban J connectivity index is 2.48. The molecule has 0 radical (unpaired) electrons. The second kappa shape index (κ2) is 4.58. The molecule has 1 aliphatic rings. The van der Waals surface area contributed by atoms with Crippen molar-refractivity contribution >= 4 is 5.91 Å². The highest BCUT2D eigenvalue weighted by molar-refractivity contribution is 5.78. The summed E-state index contributed by atoms with van der Waals surface area (Å²) in [5.41, 5.74) is 5.31. The van der Waals surface area contributed by atoms with Crippen molar-refractivity contribution in [1.82, 2.24) is 4.90 Å². The van der Waals surface area contributed by atoms with Crippen LogP contribution in [-0.2, 0) is 9.53 Å². The standard InChI is InChI=1S/C9H18N2O2/c1-7-5-8(13-2)3-4-11(7)9(12)6-10/h7-8H,3-6,10H2,1-2H3. The van der Waals surface area contributed by atoms with Crippen LogP contribution in [0.15, 0.2) is 0 Å². The number of hydrogen-bond donors (Lipinski definition) is 1. The largest absolute Gasteiger partial charge is 0.381 e. The lowest BCUT2D eigenvalue weighted by Gasteiger charge is -2.36. The Hall–Kier alpha value is -0.610. The molecule has 0 aromatic heterocycles. The van der Waals surface area contributed by atoms with E-state index in [1.807, 2.05) is 11.8 Å². The van der Waals surface area contributed by atoms with Gasteiger partial charge < -0.3 is 15.4 Å². The van der Waals surface area contributed by atoms with Gasteiger partial charge in [-0.05, 0) is 19.8 Å². The van der Waals surface area contributed by atoms with Crippen molar-refractivity contribution in [2.75, 3.05) is 20.2 Å². The van der Waals surface area contributed by atoms with E-state index in [4.69, 9.17) is 10.5 Å². The zero-order valence-corrected chi connectivity index (χ0v) is 8.32. The average molecular weight is 186 g/mol. The van der Waals surface area contributed by atoms with E-state index in [1.165, 1.54) is 0 Å². The Morgan fingerprint density at radius 3 is 2.85 bits per heavy atom. The molecule has 2 atom stereocenters. The van der Waals surface area contributed by atoms with E-state index in [1.54, 1.807) is 7.11 Å². The fourth-order valence-corrected chi connectivity index (χ4v) is 1.83. The molecule has 1 heterocycles. The van der Waals surface area contributed by atoms with Gasteiger partial charge in [0, 0.05) is 19.7 Å². The topological polar surface area (TPSA) is 55.6 Å². The fraction of sp³-hybridized carbons (Fsp3) is 0.889. The van der Waals surface area contributed by atoms with Crippen molar-refractivity contribution < 1.29 is 9.53 Å². The van der Waals surface area contributed by atoms with Crippen LogP contribution in [0.2, 0.25) is 0 Å².